The fourth-order valence-corrected chi connectivity index (χ4v) is 4.73. The van der Waals surface area contributed by atoms with E-state index >= 15 is 0 Å². The molecule has 2 aromatic heterocycles. The van der Waals surface area contributed by atoms with Gasteiger partial charge in [0.1, 0.15) is 17.3 Å². The van der Waals surface area contributed by atoms with Crippen LogP contribution in [-0.2, 0) is 11.3 Å². The smallest absolute Gasteiger partial charge is 0.269 e. The zero-order valence-electron chi connectivity index (χ0n) is 18.8. The van der Waals surface area contributed by atoms with E-state index in [0.29, 0.717) is 29.2 Å². The van der Waals surface area contributed by atoms with Crippen LogP contribution in [0, 0.1) is 5.82 Å². The van der Waals surface area contributed by atoms with E-state index in [2.05, 4.69) is 15.6 Å². The third kappa shape index (κ3) is 3.42. The molecule has 7 nitrogen and oxygen atoms in total. The lowest BCUT2D eigenvalue weighted by Gasteiger charge is -2.21. The minimum atomic E-state index is -1.08. The molecule has 1 aliphatic rings. The van der Waals surface area contributed by atoms with Crippen LogP contribution in [0.3, 0.4) is 0 Å². The Labute approximate surface area is 199 Å². The second-order valence-corrected chi connectivity index (χ2v) is 8.46. The molecular weight excluding hydrogens is 447 g/mol. The number of carbonyl (C=O) groups is 2. The van der Waals surface area contributed by atoms with Gasteiger partial charge in [0, 0.05) is 28.4 Å². The van der Waals surface area contributed by atoms with E-state index in [9.17, 15) is 14.0 Å². The van der Waals surface area contributed by atoms with Crippen LogP contribution in [0.1, 0.15) is 22.2 Å². The minimum absolute atomic E-state index is 0.300. The molecule has 0 aliphatic carbocycles. The standard InChI is InChI=1S/C27H21FN4O3/c1-35-18-9-10-21-17(11-18)12-22(30-21)26(33)31-25-27(34)29-14-16-6-4-5-15-13-23(32(25)24(15)16)19-7-2-3-8-20(19)28/h2-13,25,30H,14H2,1H3,(H,29,34)(H,31,33). The Bertz CT molecular complexity index is 1630. The number of nitrogens with zero attached hydrogens (tertiary/aromatic N) is 1. The summed E-state index contributed by atoms with van der Waals surface area (Å²) in [5.74, 6) is -0.580. The van der Waals surface area contributed by atoms with E-state index in [0.717, 1.165) is 27.4 Å². The molecule has 1 atom stereocenters. The van der Waals surface area contributed by atoms with Gasteiger partial charge in [-0.05, 0) is 48.0 Å². The number of fused-ring (bicyclic) bond motifs is 1. The molecule has 1 aliphatic heterocycles. The highest BCUT2D eigenvalue weighted by Gasteiger charge is 2.31. The second kappa shape index (κ2) is 8.02. The molecule has 1 unspecified atom stereocenters. The highest BCUT2D eigenvalue weighted by molar-refractivity contribution is 6.01. The number of H-pyrrole nitrogens is 1. The molecule has 0 bridgehead atoms. The van der Waals surface area contributed by atoms with Crippen molar-refractivity contribution in [2.24, 2.45) is 0 Å². The summed E-state index contributed by atoms with van der Waals surface area (Å²) in [7, 11) is 1.58. The molecule has 0 spiro atoms. The first-order chi connectivity index (χ1) is 17.0. The van der Waals surface area contributed by atoms with Gasteiger partial charge in [0.25, 0.3) is 11.8 Å². The van der Waals surface area contributed by atoms with Crippen LogP contribution in [0.4, 0.5) is 4.39 Å². The lowest BCUT2D eigenvalue weighted by Crippen LogP contribution is -2.42. The summed E-state index contributed by atoms with van der Waals surface area (Å²) in [6.45, 7) is 0.301. The van der Waals surface area contributed by atoms with Crippen molar-refractivity contribution in [3.63, 3.8) is 0 Å². The van der Waals surface area contributed by atoms with E-state index in [4.69, 9.17) is 4.74 Å². The van der Waals surface area contributed by atoms with E-state index in [1.807, 2.05) is 36.4 Å². The van der Waals surface area contributed by atoms with Crippen molar-refractivity contribution in [1.29, 1.82) is 0 Å². The van der Waals surface area contributed by atoms with Gasteiger partial charge in [0.15, 0.2) is 6.17 Å². The Morgan fingerprint density at radius 3 is 2.74 bits per heavy atom. The number of benzene rings is 3. The zero-order chi connectivity index (χ0) is 24.1. The molecule has 174 valence electrons. The number of aromatic nitrogens is 2. The SMILES string of the molecule is COc1ccc2[nH]c(C(=O)NC3C(=O)NCc4cccc5cc(-c6ccccc6F)n3c45)cc2c1. The van der Waals surface area contributed by atoms with Crippen molar-refractivity contribution in [2.45, 2.75) is 12.7 Å². The maximum absolute atomic E-state index is 14.9. The number of ether oxygens (including phenoxy) is 1. The first-order valence-corrected chi connectivity index (χ1v) is 11.2. The lowest BCUT2D eigenvalue weighted by atomic mass is 10.1. The Kier molecular flexibility index (Phi) is 4.81. The third-order valence-electron chi connectivity index (χ3n) is 6.39. The molecule has 3 aromatic carbocycles. The van der Waals surface area contributed by atoms with Crippen molar-refractivity contribution in [1.82, 2.24) is 20.2 Å². The van der Waals surface area contributed by atoms with Crippen LogP contribution in [0.5, 0.6) is 5.75 Å². The fraction of sp³-hybridized carbons (Fsp3) is 0.111. The summed E-state index contributed by atoms with van der Waals surface area (Å²) >= 11 is 0. The molecule has 0 fully saturated rings. The molecule has 6 rings (SSSR count). The number of aromatic amines is 1. The van der Waals surface area contributed by atoms with E-state index < -0.39 is 17.9 Å². The number of rotatable bonds is 4. The summed E-state index contributed by atoms with van der Waals surface area (Å²) < 4.78 is 21.8. The van der Waals surface area contributed by atoms with Gasteiger partial charge < -0.3 is 24.9 Å². The predicted octanol–water partition coefficient (Wildman–Crippen LogP) is 4.50. The largest absolute Gasteiger partial charge is 0.497 e. The van der Waals surface area contributed by atoms with Gasteiger partial charge in [-0.3, -0.25) is 9.59 Å². The monoisotopic (exact) mass is 468 g/mol. The highest BCUT2D eigenvalue weighted by Crippen LogP contribution is 2.35. The van der Waals surface area contributed by atoms with Crippen molar-refractivity contribution in [3.8, 4) is 17.0 Å². The number of amides is 2. The average molecular weight is 468 g/mol. The molecule has 5 aromatic rings. The lowest BCUT2D eigenvalue weighted by molar-refractivity contribution is -0.124. The number of para-hydroxylation sites is 1. The maximum Gasteiger partial charge on any atom is 0.269 e. The van der Waals surface area contributed by atoms with Gasteiger partial charge in [0.2, 0.25) is 0 Å². The maximum atomic E-state index is 14.9. The fourth-order valence-electron chi connectivity index (χ4n) is 4.73. The molecule has 2 amide bonds. The van der Waals surface area contributed by atoms with Crippen LogP contribution in [-0.4, -0.2) is 28.5 Å². The zero-order valence-corrected chi connectivity index (χ0v) is 18.8. The van der Waals surface area contributed by atoms with Gasteiger partial charge in [-0.2, -0.15) is 0 Å². The first-order valence-electron chi connectivity index (χ1n) is 11.2. The second-order valence-electron chi connectivity index (χ2n) is 8.46. The van der Waals surface area contributed by atoms with Gasteiger partial charge in [-0.1, -0.05) is 30.3 Å². The average Bonchev–Trinajstić information content (AvgIpc) is 3.44. The predicted molar refractivity (Wildman–Crippen MR) is 131 cm³/mol. The van der Waals surface area contributed by atoms with Gasteiger partial charge in [-0.25, -0.2) is 4.39 Å². The number of halogens is 1. The summed E-state index contributed by atoms with van der Waals surface area (Å²) in [5.41, 5.74) is 3.58. The van der Waals surface area contributed by atoms with Crippen molar-refractivity contribution in [3.05, 3.63) is 89.9 Å². The first kappa shape index (κ1) is 21.0. The summed E-state index contributed by atoms with van der Waals surface area (Å²) in [5, 5.41) is 7.40. The molecule has 0 saturated carbocycles. The van der Waals surface area contributed by atoms with E-state index in [1.165, 1.54) is 6.07 Å². The van der Waals surface area contributed by atoms with Gasteiger partial charge >= 0.3 is 0 Å². The normalized spacial score (nSPS) is 15.1. The number of nitrogens with one attached hydrogen (secondary N) is 3. The van der Waals surface area contributed by atoms with Crippen LogP contribution in [0.2, 0.25) is 0 Å². The summed E-state index contributed by atoms with van der Waals surface area (Å²) in [6.07, 6.45) is -1.08. The Balaban J connectivity index is 1.47. The van der Waals surface area contributed by atoms with Crippen molar-refractivity contribution < 1.29 is 18.7 Å². The number of hydrogen-bond donors (Lipinski definition) is 3. The molecule has 3 N–H and O–H groups in total. The molecule has 0 radical (unpaired) electrons. The van der Waals surface area contributed by atoms with Gasteiger partial charge in [0.05, 0.1) is 18.3 Å². The molecule has 0 saturated heterocycles. The summed E-state index contributed by atoms with van der Waals surface area (Å²) in [6, 6.07) is 21.1. The highest BCUT2D eigenvalue weighted by atomic mass is 19.1. The third-order valence-corrected chi connectivity index (χ3v) is 6.39. The quantitative estimate of drug-likeness (QED) is 0.363. The van der Waals surface area contributed by atoms with Crippen LogP contribution < -0.4 is 15.4 Å². The minimum Gasteiger partial charge on any atom is -0.497 e. The van der Waals surface area contributed by atoms with Crippen LogP contribution in [0.25, 0.3) is 33.1 Å². The molecule has 8 heteroatoms. The molecular formula is C27H21FN4O3. The number of methoxy groups -OCH3 is 1. The van der Waals surface area contributed by atoms with E-state index in [-0.39, 0.29) is 5.91 Å². The van der Waals surface area contributed by atoms with Crippen LogP contribution in [0.15, 0.2) is 72.8 Å². The Morgan fingerprint density at radius 1 is 1.06 bits per heavy atom. The topological polar surface area (TPSA) is 88.2 Å². The molecule has 3 heterocycles. The Hall–Kier alpha value is -4.59. The number of carbonyl (C=O) groups excluding carboxylic acids is 2. The van der Waals surface area contributed by atoms with Crippen molar-refractivity contribution >= 4 is 33.6 Å². The number of hydrogen-bond acceptors (Lipinski definition) is 3. The van der Waals surface area contributed by atoms with Gasteiger partial charge in [-0.15, -0.1) is 0 Å². The molecule has 35 heavy (non-hydrogen) atoms. The summed E-state index contributed by atoms with van der Waals surface area (Å²) in [4.78, 5) is 29.7. The van der Waals surface area contributed by atoms with Crippen molar-refractivity contribution in [2.75, 3.05) is 7.11 Å². The Morgan fingerprint density at radius 2 is 1.91 bits per heavy atom. The van der Waals surface area contributed by atoms with E-state index in [1.54, 1.807) is 42.0 Å². The van der Waals surface area contributed by atoms with Crippen LogP contribution >= 0.6 is 0 Å².